The van der Waals surface area contributed by atoms with E-state index in [1.165, 1.54) is 0 Å². The van der Waals surface area contributed by atoms with E-state index in [2.05, 4.69) is 10.0 Å². The molecule has 96 valence electrons. The lowest BCUT2D eigenvalue weighted by Crippen LogP contribution is -2.35. The number of hydrogen-bond acceptors (Lipinski definition) is 3. The molecule has 1 fully saturated rings. The molecule has 1 aliphatic heterocycles. The molecule has 1 saturated heterocycles. The van der Waals surface area contributed by atoms with E-state index in [0.29, 0.717) is 13.1 Å². The van der Waals surface area contributed by atoms with E-state index in [1.807, 2.05) is 27.7 Å². The lowest BCUT2D eigenvalue weighted by molar-refractivity contribution is 0.0287. The van der Waals surface area contributed by atoms with Crippen molar-refractivity contribution in [3.8, 4) is 0 Å². The van der Waals surface area contributed by atoms with Gasteiger partial charge in [0.25, 0.3) is 0 Å². The minimum absolute atomic E-state index is 0.0764. The summed E-state index contributed by atoms with van der Waals surface area (Å²) in [6, 6.07) is -0.0764. The van der Waals surface area contributed by atoms with E-state index in [9.17, 15) is 4.79 Å². The SMILES string of the molecule is C[C@@H](N=[N+]=[N-])[C@H]1CCN(C(=O)OC(C)(C)C)C1. The topological polar surface area (TPSA) is 78.3 Å². The van der Waals surface area contributed by atoms with Crippen molar-refractivity contribution in [3.63, 3.8) is 0 Å². The van der Waals surface area contributed by atoms with Crippen molar-refractivity contribution in [3.05, 3.63) is 10.4 Å². The van der Waals surface area contributed by atoms with Crippen molar-refractivity contribution >= 4 is 6.09 Å². The summed E-state index contributed by atoms with van der Waals surface area (Å²) < 4.78 is 5.29. The predicted octanol–water partition coefficient (Wildman–Crippen LogP) is 2.94. The van der Waals surface area contributed by atoms with E-state index >= 15 is 0 Å². The summed E-state index contributed by atoms with van der Waals surface area (Å²) in [4.78, 5) is 16.3. The van der Waals surface area contributed by atoms with Crippen LogP contribution in [0.1, 0.15) is 34.1 Å². The Kier molecular flexibility index (Phi) is 4.23. The smallest absolute Gasteiger partial charge is 0.410 e. The molecule has 1 heterocycles. The summed E-state index contributed by atoms with van der Waals surface area (Å²) >= 11 is 0. The summed E-state index contributed by atoms with van der Waals surface area (Å²) in [5.74, 6) is 0.235. The van der Waals surface area contributed by atoms with Crippen molar-refractivity contribution in [2.75, 3.05) is 13.1 Å². The molecule has 0 aromatic rings. The predicted molar refractivity (Wildman–Crippen MR) is 64.5 cm³/mol. The van der Waals surface area contributed by atoms with Crippen molar-refractivity contribution in [2.45, 2.75) is 45.8 Å². The molecule has 0 aromatic carbocycles. The Hall–Kier alpha value is -1.42. The summed E-state index contributed by atoms with van der Waals surface area (Å²) in [5, 5.41) is 3.68. The van der Waals surface area contributed by atoms with Crippen LogP contribution in [0.15, 0.2) is 5.11 Å². The van der Waals surface area contributed by atoms with E-state index in [0.717, 1.165) is 6.42 Å². The highest BCUT2D eigenvalue weighted by molar-refractivity contribution is 5.68. The first kappa shape index (κ1) is 13.6. The molecule has 0 bridgehead atoms. The van der Waals surface area contributed by atoms with Gasteiger partial charge in [0.1, 0.15) is 5.60 Å². The van der Waals surface area contributed by atoms with Crippen LogP contribution in [0.3, 0.4) is 0 Å². The highest BCUT2D eigenvalue weighted by atomic mass is 16.6. The summed E-state index contributed by atoms with van der Waals surface area (Å²) in [6.45, 7) is 8.70. The molecular weight excluding hydrogens is 220 g/mol. The molecule has 0 unspecified atom stereocenters. The second-order valence-electron chi connectivity index (χ2n) is 5.42. The van der Waals surface area contributed by atoms with Crippen molar-refractivity contribution in [1.29, 1.82) is 0 Å². The molecule has 0 aliphatic carbocycles. The molecule has 0 saturated carbocycles. The summed E-state index contributed by atoms with van der Waals surface area (Å²) in [5.41, 5.74) is 7.91. The average molecular weight is 240 g/mol. The van der Waals surface area contributed by atoms with Crippen LogP contribution in [0.25, 0.3) is 10.4 Å². The van der Waals surface area contributed by atoms with Crippen LogP contribution in [0.5, 0.6) is 0 Å². The molecule has 0 aromatic heterocycles. The van der Waals surface area contributed by atoms with Gasteiger partial charge in [-0.25, -0.2) is 4.79 Å². The highest BCUT2D eigenvalue weighted by Crippen LogP contribution is 2.23. The standard InChI is InChI=1S/C11H20N4O2/c1-8(13-14-12)9-5-6-15(7-9)10(16)17-11(2,3)4/h8-9H,5-7H2,1-4H3/t8-,9+/m1/s1. The fourth-order valence-electron chi connectivity index (χ4n) is 1.85. The van der Waals surface area contributed by atoms with Crippen LogP contribution in [0.4, 0.5) is 4.79 Å². The Balaban J connectivity index is 2.50. The first-order valence-corrected chi connectivity index (χ1v) is 5.85. The van der Waals surface area contributed by atoms with Gasteiger partial charge >= 0.3 is 6.09 Å². The molecular formula is C11H20N4O2. The van der Waals surface area contributed by atoms with Crippen LogP contribution in [-0.4, -0.2) is 35.7 Å². The van der Waals surface area contributed by atoms with Crippen LogP contribution in [0, 0.1) is 5.92 Å². The average Bonchev–Trinajstić information content (AvgIpc) is 2.63. The normalized spacial score (nSPS) is 21.9. The molecule has 2 atom stereocenters. The molecule has 6 nitrogen and oxygen atoms in total. The quantitative estimate of drug-likeness (QED) is 0.422. The van der Waals surface area contributed by atoms with Gasteiger partial charge < -0.3 is 9.64 Å². The van der Waals surface area contributed by atoms with Crippen molar-refractivity contribution < 1.29 is 9.53 Å². The van der Waals surface area contributed by atoms with Gasteiger partial charge in [-0.05, 0) is 38.6 Å². The zero-order chi connectivity index (χ0) is 13.1. The maximum absolute atomic E-state index is 11.8. The fourth-order valence-corrected chi connectivity index (χ4v) is 1.85. The van der Waals surface area contributed by atoms with Gasteiger partial charge in [-0.3, -0.25) is 0 Å². The maximum Gasteiger partial charge on any atom is 0.410 e. The van der Waals surface area contributed by atoms with Crippen molar-refractivity contribution in [2.24, 2.45) is 11.0 Å². The molecule has 6 heteroatoms. The van der Waals surface area contributed by atoms with Crippen LogP contribution in [0.2, 0.25) is 0 Å². The number of azide groups is 1. The van der Waals surface area contributed by atoms with Crippen LogP contribution < -0.4 is 0 Å². The van der Waals surface area contributed by atoms with Gasteiger partial charge in [-0.1, -0.05) is 12.0 Å². The van der Waals surface area contributed by atoms with Gasteiger partial charge in [0, 0.05) is 24.0 Å². The van der Waals surface area contributed by atoms with Crippen molar-refractivity contribution in [1.82, 2.24) is 4.90 Å². The highest BCUT2D eigenvalue weighted by Gasteiger charge is 2.31. The third-order valence-electron chi connectivity index (χ3n) is 2.79. The van der Waals surface area contributed by atoms with E-state index in [1.54, 1.807) is 4.90 Å². The van der Waals surface area contributed by atoms with Crippen LogP contribution >= 0.6 is 0 Å². The number of carbonyl (C=O) groups excluding carboxylic acids is 1. The zero-order valence-corrected chi connectivity index (χ0v) is 10.9. The molecule has 1 rings (SSSR count). The Morgan fingerprint density at radius 1 is 1.59 bits per heavy atom. The molecule has 1 amide bonds. The Labute approximate surface area is 102 Å². The van der Waals surface area contributed by atoms with E-state index in [4.69, 9.17) is 10.3 Å². The third kappa shape index (κ3) is 4.15. The second-order valence-corrected chi connectivity index (χ2v) is 5.42. The number of amides is 1. The number of carbonyl (C=O) groups is 1. The lowest BCUT2D eigenvalue weighted by Gasteiger charge is -2.24. The van der Waals surface area contributed by atoms with Gasteiger partial charge in [0.05, 0.1) is 0 Å². The minimum Gasteiger partial charge on any atom is -0.444 e. The van der Waals surface area contributed by atoms with Gasteiger partial charge in [-0.15, -0.1) is 0 Å². The molecule has 0 spiro atoms. The van der Waals surface area contributed by atoms with Crippen LogP contribution in [-0.2, 0) is 4.74 Å². The van der Waals surface area contributed by atoms with Gasteiger partial charge in [0.15, 0.2) is 0 Å². The molecule has 17 heavy (non-hydrogen) atoms. The number of nitrogens with zero attached hydrogens (tertiary/aromatic N) is 4. The Bertz CT molecular complexity index is 331. The molecule has 0 radical (unpaired) electrons. The molecule has 0 N–H and O–H groups in total. The Morgan fingerprint density at radius 2 is 2.24 bits per heavy atom. The third-order valence-corrected chi connectivity index (χ3v) is 2.79. The number of likely N-dealkylation sites (tertiary alicyclic amines) is 1. The summed E-state index contributed by atoms with van der Waals surface area (Å²) in [7, 11) is 0. The number of ether oxygens (including phenoxy) is 1. The fraction of sp³-hybridized carbons (Fsp3) is 0.909. The molecule has 1 aliphatic rings. The second kappa shape index (κ2) is 5.27. The maximum atomic E-state index is 11.8. The lowest BCUT2D eigenvalue weighted by atomic mass is 10.0. The largest absolute Gasteiger partial charge is 0.444 e. The first-order valence-electron chi connectivity index (χ1n) is 5.85. The first-order chi connectivity index (χ1) is 7.83. The number of rotatable bonds is 2. The monoisotopic (exact) mass is 240 g/mol. The minimum atomic E-state index is -0.467. The van der Waals surface area contributed by atoms with Gasteiger partial charge in [-0.2, -0.15) is 0 Å². The van der Waals surface area contributed by atoms with E-state index < -0.39 is 5.60 Å². The van der Waals surface area contributed by atoms with E-state index in [-0.39, 0.29) is 18.1 Å². The van der Waals surface area contributed by atoms with Gasteiger partial charge in [0.2, 0.25) is 0 Å². The Morgan fingerprint density at radius 3 is 2.76 bits per heavy atom. The summed E-state index contributed by atoms with van der Waals surface area (Å²) in [6.07, 6.45) is 0.576. The number of hydrogen-bond donors (Lipinski definition) is 0. The zero-order valence-electron chi connectivity index (χ0n) is 10.9.